The van der Waals surface area contributed by atoms with Crippen molar-refractivity contribution < 1.29 is 13.8 Å². The Balaban J connectivity index is 0.000000960. The topological polar surface area (TPSA) is 18.8 Å². The monoisotopic (exact) mass is 313 g/mol. The van der Waals surface area contributed by atoms with Crippen molar-refractivity contribution in [2.45, 2.75) is 19.9 Å². The lowest BCUT2D eigenvalue weighted by Gasteiger charge is -2.27. The largest absolute Gasteiger partial charge is 1.00 e. The van der Waals surface area contributed by atoms with E-state index in [4.69, 9.17) is 4.99 Å². The summed E-state index contributed by atoms with van der Waals surface area (Å²) in [4.78, 5) is 9.47. The molecule has 4 rings (SSSR count). The summed E-state index contributed by atoms with van der Waals surface area (Å²) in [7, 11) is 0. The number of fused-ring (bicyclic) bond motifs is 3. The number of guanidine groups is 1. The molecule has 0 amide bonds. The van der Waals surface area contributed by atoms with E-state index in [0.29, 0.717) is 0 Å². The molecule has 0 spiro atoms. The third kappa shape index (κ3) is 2.46. The molecule has 0 N–H and O–H groups in total. The summed E-state index contributed by atoms with van der Waals surface area (Å²) < 4.78 is 0. The first-order chi connectivity index (χ1) is 10.3. The number of hydrogen-bond donors (Lipinski definition) is 0. The first-order valence-electron chi connectivity index (χ1n) is 7.57. The Bertz CT molecular complexity index is 700. The van der Waals surface area contributed by atoms with Crippen LogP contribution in [0.4, 0.5) is 11.4 Å². The van der Waals surface area contributed by atoms with Crippen LogP contribution in [0.3, 0.4) is 0 Å². The summed E-state index contributed by atoms with van der Waals surface area (Å²) in [6.07, 6.45) is 1.14. The SMILES string of the molecule is Cc1ccc(CN2C3=NCCCN3c3ccccc32)cc1.[Cl-].[H+]. The lowest BCUT2D eigenvalue weighted by atomic mass is 10.1. The van der Waals surface area contributed by atoms with Gasteiger partial charge in [0.1, 0.15) is 0 Å². The van der Waals surface area contributed by atoms with E-state index in [1.807, 2.05) is 0 Å². The normalized spacial score (nSPS) is 15.8. The molecule has 2 aliphatic rings. The second kappa shape index (κ2) is 6.01. The van der Waals surface area contributed by atoms with Crippen LogP contribution in [-0.4, -0.2) is 19.0 Å². The highest BCUT2D eigenvalue weighted by Gasteiger charge is 2.33. The summed E-state index contributed by atoms with van der Waals surface area (Å²) in [6, 6.07) is 17.4. The minimum Gasteiger partial charge on any atom is -1.00 e. The Kier molecular flexibility index (Phi) is 4.08. The second-order valence-electron chi connectivity index (χ2n) is 5.75. The van der Waals surface area contributed by atoms with Crippen LogP contribution in [0, 0.1) is 6.92 Å². The highest BCUT2D eigenvalue weighted by atomic mass is 35.5. The van der Waals surface area contributed by atoms with Gasteiger partial charge in [0.05, 0.1) is 17.9 Å². The number of benzene rings is 2. The van der Waals surface area contributed by atoms with Crippen LogP contribution in [0.1, 0.15) is 19.0 Å². The summed E-state index contributed by atoms with van der Waals surface area (Å²) >= 11 is 0. The molecule has 22 heavy (non-hydrogen) atoms. The number of hydrogen-bond acceptors (Lipinski definition) is 3. The molecule has 4 heteroatoms. The number of nitrogens with zero attached hydrogens (tertiary/aromatic N) is 3. The fraction of sp³-hybridized carbons (Fsp3) is 0.278. The molecular weight excluding hydrogens is 294 g/mol. The van der Waals surface area contributed by atoms with Gasteiger partial charge >= 0.3 is 1.43 Å². The van der Waals surface area contributed by atoms with Gasteiger partial charge in [-0.05, 0) is 31.0 Å². The van der Waals surface area contributed by atoms with Crippen LogP contribution in [0.5, 0.6) is 0 Å². The molecule has 0 aromatic heterocycles. The zero-order valence-electron chi connectivity index (χ0n) is 13.7. The highest BCUT2D eigenvalue weighted by Crippen LogP contribution is 2.38. The lowest BCUT2D eigenvalue weighted by molar-refractivity contribution is -0.00000420. The third-order valence-corrected chi connectivity index (χ3v) is 4.20. The van der Waals surface area contributed by atoms with E-state index in [1.54, 1.807) is 0 Å². The van der Waals surface area contributed by atoms with Crippen molar-refractivity contribution in [3.05, 3.63) is 59.7 Å². The molecule has 2 aliphatic heterocycles. The fourth-order valence-corrected chi connectivity index (χ4v) is 3.11. The van der Waals surface area contributed by atoms with E-state index in [2.05, 4.69) is 65.3 Å². The van der Waals surface area contributed by atoms with Crippen molar-refractivity contribution in [3.63, 3.8) is 0 Å². The smallest absolute Gasteiger partial charge is 1.00 e. The third-order valence-electron chi connectivity index (χ3n) is 4.20. The molecule has 0 bridgehead atoms. The molecule has 0 fully saturated rings. The summed E-state index contributed by atoms with van der Waals surface area (Å²) in [5.74, 6) is 1.11. The van der Waals surface area contributed by atoms with Crippen molar-refractivity contribution in [2.75, 3.05) is 22.9 Å². The van der Waals surface area contributed by atoms with Crippen molar-refractivity contribution in [1.29, 1.82) is 0 Å². The maximum Gasteiger partial charge on any atom is 1.00 e. The van der Waals surface area contributed by atoms with Crippen LogP contribution in [0.25, 0.3) is 0 Å². The average Bonchev–Trinajstić information content (AvgIpc) is 2.85. The molecule has 0 unspecified atom stereocenters. The van der Waals surface area contributed by atoms with Crippen molar-refractivity contribution >= 4 is 17.3 Å². The number of para-hydroxylation sites is 2. The first-order valence-corrected chi connectivity index (χ1v) is 7.57. The lowest BCUT2D eigenvalue weighted by Crippen LogP contribution is -3.00. The van der Waals surface area contributed by atoms with Gasteiger partial charge in [-0.25, -0.2) is 0 Å². The van der Waals surface area contributed by atoms with E-state index in [1.165, 1.54) is 22.5 Å². The fourth-order valence-electron chi connectivity index (χ4n) is 3.11. The van der Waals surface area contributed by atoms with Gasteiger partial charge in [-0.3, -0.25) is 4.99 Å². The zero-order valence-corrected chi connectivity index (χ0v) is 13.4. The van der Waals surface area contributed by atoms with Crippen LogP contribution in [0.15, 0.2) is 53.5 Å². The number of aliphatic imine (C=N–C) groups is 1. The van der Waals surface area contributed by atoms with Crippen molar-refractivity contribution in [3.8, 4) is 0 Å². The Morgan fingerprint density at radius 3 is 2.55 bits per heavy atom. The molecule has 2 heterocycles. The maximum absolute atomic E-state index is 4.77. The Morgan fingerprint density at radius 2 is 1.77 bits per heavy atom. The van der Waals surface area contributed by atoms with E-state index in [0.717, 1.165) is 32.0 Å². The summed E-state index contributed by atoms with van der Waals surface area (Å²) in [5.41, 5.74) is 5.20. The molecule has 2 aromatic rings. The van der Waals surface area contributed by atoms with Gasteiger partial charge in [0.25, 0.3) is 0 Å². The Hall–Kier alpha value is -2.00. The molecule has 0 saturated heterocycles. The number of anilines is 2. The molecule has 3 nitrogen and oxygen atoms in total. The van der Waals surface area contributed by atoms with Crippen LogP contribution >= 0.6 is 0 Å². The standard InChI is InChI=1S/C18H19N3.ClH/c1-14-7-9-15(10-8-14)13-21-17-6-3-2-5-16(17)20-12-4-11-19-18(20)21;/h2-3,5-10H,4,11-13H2,1H3;1H. The quantitative estimate of drug-likeness (QED) is 0.813. The molecule has 2 aromatic carbocycles. The van der Waals surface area contributed by atoms with E-state index in [-0.39, 0.29) is 13.8 Å². The van der Waals surface area contributed by atoms with Gasteiger partial charge in [0.2, 0.25) is 5.96 Å². The molecule has 0 aliphatic carbocycles. The predicted molar refractivity (Wildman–Crippen MR) is 89.2 cm³/mol. The number of rotatable bonds is 2. The average molecular weight is 314 g/mol. The summed E-state index contributed by atoms with van der Waals surface area (Å²) in [6.45, 7) is 5.01. The Morgan fingerprint density at radius 1 is 1.05 bits per heavy atom. The van der Waals surface area contributed by atoms with Gasteiger partial charge in [-0.1, -0.05) is 42.0 Å². The zero-order chi connectivity index (χ0) is 14.2. The molecule has 0 atom stereocenters. The summed E-state index contributed by atoms with van der Waals surface area (Å²) in [5, 5.41) is 0. The molecule has 0 radical (unpaired) electrons. The minimum absolute atomic E-state index is 0. The van der Waals surface area contributed by atoms with E-state index < -0.39 is 0 Å². The molecule has 0 saturated carbocycles. The first kappa shape index (κ1) is 14.9. The van der Waals surface area contributed by atoms with Gasteiger partial charge in [-0.2, -0.15) is 0 Å². The van der Waals surface area contributed by atoms with Crippen LogP contribution in [-0.2, 0) is 6.54 Å². The second-order valence-corrected chi connectivity index (χ2v) is 5.75. The van der Waals surface area contributed by atoms with Crippen molar-refractivity contribution in [1.82, 2.24) is 0 Å². The van der Waals surface area contributed by atoms with E-state index in [9.17, 15) is 0 Å². The highest BCUT2D eigenvalue weighted by molar-refractivity contribution is 6.16. The number of halogens is 1. The minimum atomic E-state index is 0. The van der Waals surface area contributed by atoms with Crippen LogP contribution in [0.2, 0.25) is 0 Å². The maximum atomic E-state index is 4.77. The van der Waals surface area contributed by atoms with Crippen molar-refractivity contribution in [2.24, 2.45) is 4.99 Å². The molecule has 114 valence electrons. The predicted octanol–water partition coefficient (Wildman–Crippen LogP) is 0.698. The van der Waals surface area contributed by atoms with Gasteiger partial charge in [-0.15, -0.1) is 0 Å². The van der Waals surface area contributed by atoms with Gasteiger partial charge in [0, 0.05) is 13.1 Å². The van der Waals surface area contributed by atoms with Gasteiger partial charge in [0.15, 0.2) is 0 Å². The molecular formula is C18H20ClN3. The van der Waals surface area contributed by atoms with Gasteiger partial charge < -0.3 is 22.2 Å². The van der Waals surface area contributed by atoms with Crippen LogP contribution < -0.4 is 22.2 Å². The van der Waals surface area contributed by atoms with E-state index >= 15 is 0 Å². The Labute approximate surface area is 139 Å². The number of aryl methyl sites for hydroxylation is 1.